The fourth-order valence-corrected chi connectivity index (χ4v) is 2.62. The lowest BCUT2D eigenvalue weighted by molar-refractivity contribution is -0.132. The molecule has 0 unspecified atom stereocenters. The van der Waals surface area contributed by atoms with E-state index in [0.29, 0.717) is 31.0 Å². The lowest BCUT2D eigenvalue weighted by Gasteiger charge is -2.28. The van der Waals surface area contributed by atoms with Crippen LogP contribution in [0.15, 0.2) is 12.7 Å². The average molecular weight is 236 g/mol. The van der Waals surface area contributed by atoms with Crippen molar-refractivity contribution >= 4 is 5.91 Å². The van der Waals surface area contributed by atoms with Crippen molar-refractivity contribution < 1.29 is 4.79 Å². The van der Waals surface area contributed by atoms with Crippen LogP contribution in [-0.4, -0.2) is 36.0 Å². The maximum absolute atomic E-state index is 12.2. The van der Waals surface area contributed by atoms with Crippen molar-refractivity contribution in [2.24, 2.45) is 0 Å². The highest BCUT2D eigenvalue weighted by molar-refractivity contribution is 5.77. The van der Waals surface area contributed by atoms with Gasteiger partial charge in [0.1, 0.15) is 0 Å². The van der Waals surface area contributed by atoms with Crippen LogP contribution in [0.5, 0.6) is 0 Å². The third kappa shape index (κ3) is 3.84. The summed E-state index contributed by atoms with van der Waals surface area (Å²) in [6.07, 6.45) is 9.95. The van der Waals surface area contributed by atoms with Crippen LogP contribution in [0, 0.1) is 0 Å². The normalized spacial score (nSPS) is 20.5. The Kier molecular flexibility index (Phi) is 4.60. The molecule has 0 aromatic carbocycles. The summed E-state index contributed by atoms with van der Waals surface area (Å²) in [6, 6.07) is 1.17. The van der Waals surface area contributed by atoms with Crippen molar-refractivity contribution in [2.45, 2.75) is 57.0 Å². The van der Waals surface area contributed by atoms with Crippen molar-refractivity contribution in [1.29, 1.82) is 0 Å². The maximum Gasteiger partial charge on any atom is 0.224 e. The van der Waals surface area contributed by atoms with Gasteiger partial charge in [-0.05, 0) is 25.7 Å². The average Bonchev–Trinajstić information content (AvgIpc) is 2.99. The molecule has 0 saturated heterocycles. The molecule has 17 heavy (non-hydrogen) atoms. The van der Waals surface area contributed by atoms with E-state index in [1.165, 1.54) is 38.5 Å². The first-order valence-electron chi connectivity index (χ1n) is 6.95. The Morgan fingerprint density at radius 2 is 2.00 bits per heavy atom. The number of hydrogen-bond donors (Lipinski definition) is 1. The number of rotatable bonds is 7. The predicted molar refractivity (Wildman–Crippen MR) is 69.8 cm³/mol. The molecule has 2 fully saturated rings. The van der Waals surface area contributed by atoms with E-state index in [-0.39, 0.29) is 0 Å². The van der Waals surface area contributed by atoms with Gasteiger partial charge >= 0.3 is 0 Å². The van der Waals surface area contributed by atoms with Crippen molar-refractivity contribution in [3.8, 4) is 0 Å². The minimum atomic E-state index is 0.296. The van der Waals surface area contributed by atoms with E-state index in [9.17, 15) is 4.79 Å². The van der Waals surface area contributed by atoms with Crippen molar-refractivity contribution in [2.75, 3.05) is 13.1 Å². The summed E-state index contributed by atoms with van der Waals surface area (Å²) in [5.74, 6) is 0.296. The summed E-state index contributed by atoms with van der Waals surface area (Å²) in [5, 5.41) is 3.40. The SMILES string of the molecule is C=CCN(C(=O)CCNC1CC1)C1CCCC1. The van der Waals surface area contributed by atoms with E-state index in [1.807, 2.05) is 11.0 Å². The van der Waals surface area contributed by atoms with Gasteiger partial charge in [-0.15, -0.1) is 6.58 Å². The van der Waals surface area contributed by atoms with Crippen molar-refractivity contribution in [3.05, 3.63) is 12.7 Å². The zero-order valence-corrected chi connectivity index (χ0v) is 10.7. The first-order valence-corrected chi connectivity index (χ1v) is 6.95. The fraction of sp³-hybridized carbons (Fsp3) is 0.786. The highest BCUT2D eigenvalue weighted by atomic mass is 16.2. The van der Waals surface area contributed by atoms with Crippen LogP contribution in [0.3, 0.4) is 0 Å². The van der Waals surface area contributed by atoms with Crippen LogP contribution >= 0.6 is 0 Å². The second-order valence-electron chi connectivity index (χ2n) is 5.25. The van der Waals surface area contributed by atoms with Gasteiger partial charge in [0.05, 0.1) is 0 Å². The van der Waals surface area contributed by atoms with Gasteiger partial charge in [0, 0.05) is 31.6 Å². The van der Waals surface area contributed by atoms with Crippen LogP contribution in [0.4, 0.5) is 0 Å². The number of hydrogen-bond acceptors (Lipinski definition) is 2. The Morgan fingerprint density at radius 1 is 1.29 bits per heavy atom. The molecule has 3 nitrogen and oxygen atoms in total. The van der Waals surface area contributed by atoms with Crippen molar-refractivity contribution in [3.63, 3.8) is 0 Å². The first-order chi connectivity index (χ1) is 8.31. The van der Waals surface area contributed by atoms with E-state index < -0.39 is 0 Å². The second-order valence-corrected chi connectivity index (χ2v) is 5.25. The summed E-state index contributed by atoms with van der Waals surface area (Å²) in [5.41, 5.74) is 0. The minimum Gasteiger partial charge on any atom is -0.336 e. The van der Waals surface area contributed by atoms with E-state index in [2.05, 4.69) is 11.9 Å². The Labute approximate surface area is 104 Å². The van der Waals surface area contributed by atoms with Gasteiger partial charge in [-0.1, -0.05) is 18.9 Å². The third-order valence-electron chi connectivity index (χ3n) is 3.76. The lowest BCUT2D eigenvalue weighted by atomic mass is 10.2. The summed E-state index contributed by atoms with van der Waals surface area (Å²) in [6.45, 7) is 5.32. The summed E-state index contributed by atoms with van der Waals surface area (Å²) >= 11 is 0. The molecule has 1 amide bonds. The van der Waals surface area contributed by atoms with E-state index >= 15 is 0 Å². The van der Waals surface area contributed by atoms with Crippen LogP contribution in [0.25, 0.3) is 0 Å². The summed E-state index contributed by atoms with van der Waals surface area (Å²) < 4.78 is 0. The van der Waals surface area contributed by atoms with Gasteiger partial charge in [0.2, 0.25) is 5.91 Å². The highest BCUT2D eigenvalue weighted by Crippen LogP contribution is 2.24. The molecule has 0 aromatic rings. The number of nitrogens with zero attached hydrogens (tertiary/aromatic N) is 1. The topological polar surface area (TPSA) is 32.3 Å². The molecular formula is C14H24N2O. The monoisotopic (exact) mass is 236 g/mol. The second kappa shape index (κ2) is 6.20. The summed E-state index contributed by atoms with van der Waals surface area (Å²) in [7, 11) is 0. The quantitative estimate of drug-likeness (QED) is 0.686. The Hall–Kier alpha value is -0.830. The highest BCUT2D eigenvalue weighted by Gasteiger charge is 2.26. The molecule has 0 heterocycles. The predicted octanol–water partition coefficient (Wildman–Crippen LogP) is 2.09. The number of nitrogens with one attached hydrogen (secondary N) is 1. The Balaban J connectivity index is 1.75. The van der Waals surface area contributed by atoms with E-state index in [1.54, 1.807) is 0 Å². The molecule has 3 heteroatoms. The standard InChI is InChI=1S/C14H24N2O/c1-2-11-16(13-5-3-4-6-13)14(17)9-10-15-12-7-8-12/h2,12-13,15H,1,3-11H2. The third-order valence-corrected chi connectivity index (χ3v) is 3.76. The molecule has 2 rings (SSSR count). The van der Waals surface area contributed by atoms with Gasteiger partial charge in [0.15, 0.2) is 0 Å². The number of carbonyl (C=O) groups excluding carboxylic acids is 1. The van der Waals surface area contributed by atoms with Gasteiger partial charge in [-0.3, -0.25) is 4.79 Å². The molecule has 96 valence electrons. The summed E-state index contributed by atoms with van der Waals surface area (Å²) in [4.78, 5) is 14.2. The van der Waals surface area contributed by atoms with E-state index in [0.717, 1.165) is 6.54 Å². The fourth-order valence-electron chi connectivity index (χ4n) is 2.62. The zero-order chi connectivity index (χ0) is 12.1. The van der Waals surface area contributed by atoms with E-state index in [4.69, 9.17) is 0 Å². The van der Waals surface area contributed by atoms with Crippen LogP contribution in [-0.2, 0) is 4.79 Å². The molecule has 0 spiro atoms. The molecule has 0 bridgehead atoms. The van der Waals surface area contributed by atoms with Gasteiger partial charge < -0.3 is 10.2 Å². The largest absolute Gasteiger partial charge is 0.336 e. The Bertz CT molecular complexity index is 267. The molecular weight excluding hydrogens is 212 g/mol. The maximum atomic E-state index is 12.2. The molecule has 2 aliphatic rings. The molecule has 0 aliphatic heterocycles. The van der Waals surface area contributed by atoms with Crippen LogP contribution in [0.1, 0.15) is 44.9 Å². The molecule has 2 saturated carbocycles. The van der Waals surface area contributed by atoms with Gasteiger partial charge in [0.25, 0.3) is 0 Å². The lowest BCUT2D eigenvalue weighted by Crippen LogP contribution is -2.40. The number of carbonyl (C=O) groups is 1. The van der Waals surface area contributed by atoms with Crippen LogP contribution in [0.2, 0.25) is 0 Å². The number of amides is 1. The van der Waals surface area contributed by atoms with Gasteiger partial charge in [-0.25, -0.2) is 0 Å². The minimum absolute atomic E-state index is 0.296. The smallest absolute Gasteiger partial charge is 0.224 e. The zero-order valence-electron chi connectivity index (χ0n) is 10.7. The molecule has 2 aliphatic carbocycles. The molecule has 0 radical (unpaired) electrons. The Morgan fingerprint density at radius 3 is 2.59 bits per heavy atom. The first kappa shape index (κ1) is 12.6. The van der Waals surface area contributed by atoms with Crippen LogP contribution < -0.4 is 5.32 Å². The molecule has 0 atom stereocenters. The molecule has 0 aromatic heterocycles. The molecule has 1 N–H and O–H groups in total. The van der Waals surface area contributed by atoms with Crippen molar-refractivity contribution in [1.82, 2.24) is 10.2 Å². The van der Waals surface area contributed by atoms with Gasteiger partial charge in [-0.2, -0.15) is 0 Å².